The van der Waals surface area contributed by atoms with Gasteiger partial charge in [-0.25, -0.2) is 0 Å². The van der Waals surface area contributed by atoms with Crippen molar-refractivity contribution < 1.29 is 4.79 Å². The molecule has 0 aliphatic rings. The van der Waals surface area contributed by atoms with Crippen LogP contribution in [0.1, 0.15) is 32.4 Å². The van der Waals surface area contributed by atoms with Crippen LogP contribution in [0.2, 0.25) is 0 Å². The molecule has 0 radical (unpaired) electrons. The molecule has 0 fully saturated rings. The minimum atomic E-state index is -0.118. The summed E-state index contributed by atoms with van der Waals surface area (Å²) in [5, 5.41) is 3.07. The van der Waals surface area contributed by atoms with Crippen molar-refractivity contribution in [1.29, 1.82) is 0 Å². The first kappa shape index (κ1) is 16.6. The number of rotatable bonds is 6. The van der Waals surface area contributed by atoms with Crippen molar-refractivity contribution in [3.8, 4) is 0 Å². The van der Waals surface area contributed by atoms with Crippen molar-refractivity contribution in [3.05, 3.63) is 66.2 Å². The Labute approximate surface area is 137 Å². The smallest absolute Gasteiger partial charge is 0.233 e. The molecular weight excluding hydrogens is 290 g/mol. The van der Waals surface area contributed by atoms with E-state index in [0.717, 1.165) is 10.5 Å². The zero-order valence-electron chi connectivity index (χ0n) is 13.3. The van der Waals surface area contributed by atoms with E-state index in [9.17, 15) is 4.79 Å². The third-order valence-electron chi connectivity index (χ3n) is 3.55. The van der Waals surface area contributed by atoms with Crippen molar-refractivity contribution in [2.24, 2.45) is 5.92 Å². The van der Waals surface area contributed by atoms with Gasteiger partial charge < -0.3 is 5.32 Å². The highest BCUT2D eigenvalue weighted by Gasteiger charge is 2.21. The monoisotopic (exact) mass is 313 g/mol. The van der Waals surface area contributed by atoms with Crippen LogP contribution in [0.5, 0.6) is 0 Å². The van der Waals surface area contributed by atoms with E-state index in [1.807, 2.05) is 55.5 Å². The Balaban J connectivity index is 2.02. The molecule has 2 aromatic rings. The van der Waals surface area contributed by atoms with Gasteiger partial charge in [0.25, 0.3) is 0 Å². The second-order valence-electron chi connectivity index (χ2n) is 5.71. The predicted molar refractivity (Wildman–Crippen MR) is 93.9 cm³/mol. The molecule has 0 saturated heterocycles. The first-order valence-corrected chi connectivity index (χ1v) is 8.53. The van der Waals surface area contributed by atoms with E-state index in [1.54, 1.807) is 11.8 Å². The van der Waals surface area contributed by atoms with Crippen molar-refractivity contribution in [1.82, 2.24) is 5.32 Å². The molecule has 0 aliphatic carbocycles. The summed E-state index contributed by atoms with van der Waals surface area (Å²) in [6.45, 7) is 6.22. The molecule has 2 unspecified atom stereocenters. The van der Waals surface area contributed by atoms with Crippen molar-refractivity contribution in [3.63, 3.8) is 0 Å². The Morgan fingerprint density at radius 3 is 2.00 bits per heavy atom. The molecule has 0 aliphatic heterocycles. The fourth-order valence-electron chi connectivity index (χ4n) is 2.32. The minimum absolute atomic E-state index is 0.0486. The lowest BCUT2D eigenvalue weighted by atomic mass is 9.96. The van der Waals surface area contributed by atoms with Crippen LogP contribution in [0.4, 0.5) is 0 Å². The number of carbonyl (C=O) groups is 1. The third-order valence-corrected chi connectivity index (χ3v) is 4.66. The Kier molecular flexibility index (Phi) is 6.08. The molecule has 2 rings (SSSR count). The zero-order chi connectivity index (χ0) is 15.9. The van der Waals surface area contributed by atoms with Crippen LogP contribution in [0, 0.1) is 5.92 Å². The number of thioether (sulfide) groups is 1. The number of benzene rings is 2. The molecule has 2 atom stereocenters. The third kappa shape index (κ3) is 4.63. The maximum Gasteiger partial charge on any atom is 0.233 e. The molecule has 0 heterocycles. The predicted octanol–water partition coefficient (Wildman–Crippen LogP) is 4.68. The topological polar surface area (TPSA) is 29.1 Å². The highest BCUT2D eigenvalue weighted by molar-refractivity contribution is 8.00. The van der Waals surface area contributed by atoms with Crippen molar-refractivity contribution >= 4 is 17.7 Å². The molecule has 116 valence electrons. The molecule has 1 amide bonds. The Morgan fingerprint density at radius 2 is 1.45 bits per heavy atom. The summed E-state index contributed by atoms with van der Waals surface area (Å²) in [6, 6.07) is 20.2. The minimum Gasteiger partial charge on any atom is -0.348 e. The summed E-state index contributed by atoms with van der Waals surface area (Å²) >= 11 is 1.59. The Morgan fingerprint density at radius 1 is 0.909 bits per heavy atom. The molecule has 0 saturated carbocycles. The van der Waals surface area contributed by atoms with Crippen molar-refractivity contribution in [2.45, 2.75) is 37.0 Å². The fraction of sp³-hybridized carbons (Fsp3) is 0.316. The standard InChI is InChI=1S/C19H23NOS/c1-14(2)18(16-10-6-4-7-11-16)20-19(21)15(3)22-17-12-8-5-9-13-17/h4-15,18H,1-3H3,(H,20,21). The molecule has 22 heavy (non-hydrogen) atoms. The van der Waals surface area contributed by atoms with Gasteiger partial charge >= 0.3 is 0 Å². The molecule has 0 bridgehead atoms. The Bertz CT molecular complexity index is 583. The van der Waals surface area contributed by atoms with Crippen LogP contribution < -0.4 is 5.32 Å². The van der Waals surface area contributed by atoms with E-state index < -0.39 is 0 Å². The molecule has 0 aromatic heterocycles. The van der Waals surface area contributed by atoms with E-state index in [4.69, 9.17) is 0 Å². The second-order valence-corrected chi connectivity index (χ2v) is 7.13. The number of carbonyl (C=O) groups excluding carboxylic acids is 1. The van der Waals surface area contributed by atoms with E-state index in [1.165, 1.54) is 0 Å². The highest BCUT2D eigenvalue weighted by atomic mass is 32.2. The zero-order valence-corrected chi connectivity index (χ0v) is 14.1. The lowest BCUT2D eigenvalue weighted by Crippen LogP contribution is -2.36. The summed E-state index contributed by atoms with van der Waals surface area (Å²) in [4.78, 5) is 13.6. The van der Waals surface area contributed by atoms with E-state index in [0.29, 0.717) is 5.92 Å². The van der Waals surface area contributed by atoms with Crippen LogP contribution in [-0.2, 0) is 4.79 Å². The second kappa shape index (κ2) is 8.04. The normalized spacial score (nSPS) is 13.6. The molecule has 2 nitrogen and oxygen atoms in total. The summed E-state index contributed by atoms with van der Waals surface area (Å²) < 4.78 is 0. The maximum absolute atomic E-state index is 12.5. The van der Waals surface area contributed by atoms with Gasteiger partial charge in [-0.15, -0.1) is 11.8 Å². The SMILES string of the molecule is CC(Sc1ccccc1)C(=O)NC(c1ccccc1)C(C)C. The average molecular weight is 313 g/mol. The van der Waals surface area contributed by atoms with Gasteiger partial charge in [0, 0.05) is 4.90 Å². The van der Waals surface area contributed by atoms with Crippen LogP contribution in [0.15, 0.2) is 65.6 Å². The summed E-state index contributed by atoms with van der Waals surface area (Å²) in [7, 11) is 0. The largest absolute Gasteiger partial charge is 0.348 e. The van der Waals surface area contributed by atoms with Crippen LogP contribution in [-0.4, -0.2) is 11.2 Å². The lowest BCUT2D eigenvalue weighted by molar-refractivity contribution is -0.121. The number of hydrogen-bond donors (Lipinski definition) is 1. The lowest BCUT2D eigenvalue weighted by Gasteiger charge is -2.24. The number of nitrogens with one attached hydrogen (secondary N) is 1. The quantitative estimate of drug-likeness (QED) is 0.785. The van der Waals surface area contributed by atoms with Gasteiger partial charge in [0.15, 0.2) is 0 Å². The number of hydrogen-bond acceptors (Lipinski definition) is 2. The van der Waals surface area contributed by atoms with Gasteiger partial charge in [-0.2, -0.15) is 0 Å². The van der Waals surface area contributed by atoms with Gasteiger partial charge in [0.2, 0.25) is 5.91 Å². The fourth-order valence-corrected chi connectivity index (χ4v) is 3.22. The van der Waals surface area contributed by atoms with Crippen molar-refractivity contribution in [2.75, 3.05) is 0 Å². The van der Waals surface area contributed by atoms with Gasteiger partial charge in [0.05, 0.1) is 11.3 Å². The van der Waals surface area contributed by atoms with Crippen LogP contribution in [0.3, 0.4) is 0 Å². The van der Waals surface area contributed by atoms with E-state index in [-0.39, 0.29) is 17.2 Å². The molecule has 3 heteroatoms. The van der Waals surface area contributed by atoms with Gasteiger partial charge in [0.1, 0.15) is 0 Å². The van der Waals surface area contributed by atoms with Gasteiger partial charge in [-0.05, 0) is 30.5 Å². The first-order valence-electron chi connectivity index (χ1n) is 7.65. The molecule has 2 aromatic carbocycles. The summed E-state index contributed by atoms with van der Waals surface area (Å²) in [6.07, 6.45) is 0. The molecule has 1 N–H and O–H groups in total. The molecular formula is C19H23NOS. The van der Waals surface area contributed by atoms with Crippen LogP contribution >= 0.6 is 11.8 Å². The summed E-state index contributed by atoms with van der Waals surface area (Å²) in [5.41, 5.74) is 1.16. The van der Waals surface area contributed by atoms with Gasteiger partial charge in [-0.1, -0.05) is 62.4 Å². The first-order chi connectivity index (χ1) is 10.6. The number of amides is 1. The molecule has 0 spiro atoms. The summed E-state index contributed by atoms with van der Waals surface area (Å²) in [5.74, 6) is 0.427. The van der Waals surface area contributed by atoms with Crippen LogP contribution in [0.25, 0.3) is 0 Å². The highest BCUT2D eigenvalue weighted by Crippen LogP contribution is 2.25. The Hall–Kier alpha value is -1.74. The average Bonchev–Trinajstić information content (AvgIpc) is 2.53. The van der Waals surface area contributed by atoms with E-state index in [2.05, 4.69) is 31.3 Å². The van der Waals surface area contributed by atoms with E-state index >= 15 is 0 Å². The maximum atomic E-state index is 12.5. The van der Waals surface area contributed by atoms with Gasteiger partial charge in [-0.3, -0.25) is 4.79 Å².